The summed E-state index contributed by atoms with van der Waals surface area (Å²) in [6.45, 7) is 10.1. The number of nitrogens with zero attached hydrogens (tertiary/aromatic N) is 2. The van der Waals surface area contributed by atoms with E-state index in [1.807, 2.05) is 7.05 Å². The van der Waals surface area contributed by atoms with E-state index < -0.39 is 0 Å². The smallest absolute Gasteiger partial charge is 0.0427 e. The largest absolute Gasteiger partial charge is 0.368 e. The van der Waals surface area contributed by atoms with Crippen LogP contribution in [0.4, 0.5) is 5.69 Å². The van der Waals surface area contributed by atoms with Crippen molar-refractivity contribution in [2.75, 3.05) is 38.6 Å². The van der Waals surface area contributed by atoms with Gasteiger partial charge in [-0.25, -0.2) is 0 Å². The van der Waals surface area contributed by atoms with Gasteiger partial charge in [-0.15, -0.1) is 0 Å². The first kappa shape index (κ1) is 15.8. The Kier molecular flexibility index (Phi) is 4.77. The zero-order valence-electron chi connectivity index (χ0n) is 13.2. The number of piperazine rings is 1. The molecular formula is C16H26BrN3. The second-order valence-electron chi connectivity index (χ2n) is 6.37. The van der Waals surface area contributed by atoms with Gasteiger partial charge in [0.1, 0.15) is 0 Å². The number of benzene rings is 1. The summed E-state index contributed by atoms with van der Waals surface area (Å²) in [5.74, 6) is 0. The quantitative estimate of drug-likeness (QED) is 0.911. The Bertz CT molecular complexity index is 473. The van der Waals surface area contributed by atoms with E-state index >= 15 is 0 Å². The molecule has 1 heterocycles. The molecule has 0 spiro atoms. The molecule has 1 aromatic rings. The lowest BCUT2D eigenvalue weighted by Crippen LogP contribution is -2.58. The van der Waals surface area contributed by atoms with Gasteiger partial charge in [0.2, 0.25) is 0 Å². The highest BCUT2D eigenvalue weighted by molar-refractivity contribution is 9.10. The molecule has 1 atom stereocenters. The maximum atomic E-state index is 3.62. The summed E-state index contributed by atoms with van der Waals surface area (Å²) in [6.07, 6.45) is 0. The van der Waals surface area contributed by atoms with Gasteiger partial charge in [-0.05, 0) is 52.6 Å². The number of halogens is 1. The van der Waals surface area contributed by atoms with Crippen LogP contribution in [0, 0.1) is 0 Å². The molecule has 0 bridgehead atoms. The minimum atomic E-state index is 0.209. The SMILES string of the molecule is CNC(C)c1ccc(Br)cc1N1CCN(C)C(C)(C)C1. The molecule has 1 fully saturated rings. The summed E-state index contributed by atoms with van der Waals surface area (Å²) < 4.78 is 1.15. The maximum absolute atomic E-state index is 3.62. The molecule has 2 rings (SSSR count). The molecule has 0 aromatic heterocycles. The highest BCUT2D eigenvalue weighted by atomic mass is 79.9. The summed E-state index contributed by atoms with van der Waals surface area (Å²) >= 11 is 3.62. The molecule has 1 aliphatic rings. The van der Waals surface area contributed by atoms with Crippen LogP contribution in [-0.2, 0) is 0 Å². The summed E-state index contributed by atoms with van der Waals surface area (Å²) in [6, 6.07) is 6.98. The molecule has 1 aromatic carbocycles. The van der Waals surface area contributed by atoms with E-state index in [0.717, 1.165) is 24.1 Å². The van der Waals surface area contributed by atoms with Crippen molar-refractivity contribution >= 4 is 21.6 Å². The van der Waals surface area contributed by atoms with Gasteiger partial charge >= 0.3 is 0 Å². The Morgan fingerprint density at radius 1 is 1.30 bits per heavy atom. The first-order chi connectivity index (χ1) is 9.35. The predicted molar refractivity (Wildman–Crippen MR) is 90.5 cm³/mol. The Labute approximate surface area is 131 Å². The van der Waals surface area contributed by atoms with Crippen LogP contribution in [0.2, 0.25) is 0 Å². The number of nitrogens with one attached hydrogen (secondary N) is 1. The number of anilines is 1. The van der Waals surface area contributed by atoms with Gasteiger partial charge in [0.25, 0.3) is 0 Å². The Balaban J connectivity index is 2.34. The maximum Gasteiger partial charge on any atom is 0.0427 e. The molecular weight excluding hydrogens is 314 g/mol. The van der Waals surface area contributed by atoms with Crippen molar-refractivity contribution in [1.29, 1.82) is 0 Å². The highest BCUT2D eigenvalue weighted by Crippen LogP contribution is 2.32. The lowest BCUT2D eigenvalue weighted by Gasteiger charge is -2.47. The fraction of sp³-hybridized carbons (Fsp3) is 0.625. The Morgan fingerprint density at radius 3 is 2.60 bits per heavy atom. The average molecular weight is 340 g/mol. The predicted octanol–water partition coefficient (Wildman–Crippen LogP) is 3.26. The van der Waals surface area contributed by atoms with Crippen molar-refractivity contribution in [3.05, 3.63) is 28.2 Å². The molecule has 1 N–H and O–H groups in total. The van der Waals surface area contributed by atoms with Gasteiger partial charge in [-0.3, -0.25) is 4.90 Å². The molecule has 4 heteroatoms. The average Bonchev–Trinajstić information content (AvgIpc) is 2.41. The van der Waals surface area contributed by atoms with Gasteiger partial charge in [-0.2, -0.15) is 0 Å². The van der Waals surface area contributed by atoms with Crippen LogP contribution < -0.4 is 10.2 Å². The fourth-order valence-electron chi connectivity index (χ4n) is 2.76. The second-order valence-corrected chi connectivity index (χ2v) is 7.28. The second kappa shape index (κ2) is 6.04. The number of likely N-dealkylation sites (N-methyl/N-ethyl adjacent to an activating group) is 1. The van der Waals surface area contributed by atoms with Crippen molar-refractivity contribution in [1.82, 2.24) is 10.2 Å². The van der Waals surface area contributed by atoms with Gasteiger partial charge < -0.3 is 10.2 Å². The molecule has 20 heavy (non-hydrogen) atoms. The van der Waals surface area contributed by atoms with Crippen molar-refractivity contribution in [2.24, 2.45) is 0 Å². The summed E-state index contributed by atoms with van der Waals surface area (Å²) in [5.41, 5.74) is 2.93. The van der Waals surface area contributed by atoms with E-state index in [0.29, 0.717) is 6.04 Å². The first-order valence-electron chi connectivity index (χ1n) is 7.28. The molecule has 0 amide bonds. The third kappa shape index (κ3) is 3.18. The monoisotopic (exact) mass is 339 g/mol. The highest BCUT2D eigenvalue weighted by Gasteiger charge is 2.32. The molecule has 0 saturated carbocycles. The van der Waals surface area contributed by atoms with E-state index in [9.17, 15) is 0 Å². The van der Waals surface area contributed by atoms with Crippen molar-refractivity contribution < 1.29 is 0 Å². The summed E-state index contributed by atoms with van der Waals surface area (Å²) in [7, 11) is 4.24. The third-order valence-corrected chi connectivity index (χ3v) is 5.04. The molecule has 0 aliphatic carbocycles. The van der Waals surface area contributed by atoms with Crippen LogP contribution in [0.3, 0.4) is 0 Å². The van der Waals surface area contributed by atoms with Crippen LogP contribution in [-0.4, -0.2) is 44.2 Å². The number of hydrogen-bond acceptors (Lipinski definition) is 3. The van der Waals surface area contributed by atoms with Crippen molar-refractivity contribution in [3.8, 4) is 0 Å². The zero-order valence-corrected chi connectivity index (χ0v) is 14.8. The Morgan fingerprint density at radius 2 is 2.00 bits per heavy atom. The lowest BCUT2D eigenvalue weighted by molar-refractivity contribution is 0.138. The van der Waals surface area contributed by atoms with Crippen molar-refractivity contribution in [3.63, 3.8) is 0 Å². The molecule has 0 radical (unpaired) electrons. The minimum Gasteiger partial charge on any atom is -0.368 e. The van der Waals surface area contributed by atoms with Crippen LogP contribution in [0.15, 0.2) is 22.7 Å². The van der Waals surface area contributed by atoms with Crippen molar-refractivity contribution in [2.45, 2.75) is 32.4 Å². The van der Waals surface area contributed by atoms with Gasteiger partial charge in [0, 0.05) is 41.4 Å². The molecule has 1 unspecified atom stereocenters. The van der Waals surface area contributed by atoms with E-state index in [4.69, 9.17) is 0 Å². The van der Waals surface area contributed by atoms with E-state index in [1.54, 1.807) is 0 Å². The Hall–Kier alpha value is -0.580. The van der Waals surface area contributed by atoms with E-state index in [1.165, 1.54) is 11.3 Å². The van der Waals surface area contributed by atoms with Crippen LogP contribution in [0.25, 0.3) is 0 Å². The summed E-state index contributed by atoms with van der Waals surface area (Å²) in [5, 5.41) is 3.36. The van der Waals surface area contributed by atoms with Crippen LogP contribution in [0.1, 0.15) is 32.4 Å². The third-order valence-electron chi connectivity index (χ3n) is 4.55. The zero-order chi connectivity index (χ0) is 14.9. The summed E-state index contributed by atoms with van der Waals surface area (Å²) in [4.78, 5) is 4.97. The topological polar surface area (TPSA) is 18.5 Å². The fourth-order valence-corrected chi connectivity index (χ4v) is 3.11. The van der Waals surface area contributed by atoms with Gasteiger partial charge in [0.15, 0.2) is 0 Å². The normalized spacial score (nSPS) is 21.0. The van der Waals surface area contributed by atoms with Crippen LogP contribution in [0.5, 0.6) is 0 Å². The minimum absolute atomic E-state index is 0.209. The van der Waals surface area contributed by atoms with E-state index in [2.05, 4.69) is 77.1 Å². The van der Waals surface area contributed by atoms with Crippen LogP contribution >= 0.6 is 15.9 Å². The molecule has 3 nitrogen and oxygen atoms in total. The molecule has 1 saturated heterocycles. The number of rotatable bonds is 3. The molecule has 112 valence electrons. The van der Waals surface area contributed by atoms with Gasteiger partial charge in [0.05, 0.1) is 0 Å². The lowest BCUT2D eigenvalue weighted by atomic mass is 9.97. The molecule has 1 aliphatic heterocycles. The number of hydrogen-bond donors (Lipinski definition) is 1. The standard InChI is InChI=1S/C16H26BrN3/c1-12(18-4)14-7-6-13(17)10-15(14)20-9-8-19(5)16(2,3)11-20/h6-7,10,12,18H,8-9,11H2,1-5H3. The van der Waals surface area contributed by atoms with Gasteiger partial charge in [-0.1, -0.05) is 22.0 Å². The van der Waals surface area contributed by atoms with E-state index in [-0.39, 0.29) is 5.54 Å². The first-order valence-corrected chi connectivity index (χ1v) is 8.07.